The zero-order chi connectivity index (χ0) is 15.8. The van der Waals surface area contributed by atoms with Gasteiger partial charge in [0.15, 0.2) is 0 Å². The Labute approximate surface area is 125 Å². The number of nitro groups is 1. The summed E-state index contributed by atoms with van der Waals surface area (Å²) >= 11 is 3.03. The number of anilines is 1. The number of hydrogen-bond donors (Lipinski definition) is 1. The average Bonchev–Trinajstić information content (AvgIpc) is 2.40. The molecule has 0 aliphatic heterocycles. The maximum atomic E-state index is 13.0. The van der Waals surface area contributed by atoms with Gasteiger partial charge in [0.1, 0.15) is 5.69 Å². The van der Waals surface area contributed by atoms with E-state index >= 15 is 0 Å². The van der Waals surface area contributed by atoms with Gasteiger partial charge < -0.3 is 5.73 Å². The first-order valence-electron chi connectivity index (χ1n) is 5.62. The lowest BCUT2D eigenvalue weighted by molar-refractivity contribution is -0.383. The van der Waals surface area contributed by atoms with Crippen LogP contribution in [0.4, 0.5) is 24.5 Å². The number of rotatable bonds is 2. The Morgan fingerprint density at radius 3 is 2.38 bits per heavy atom. The van der Waals surface area contributed by atoms with E-state index in [0.29, 0.717) is 0 Å². The monoisotopic (exact) mass is 360 g/mol. The fourth-order valence-electron chi connectivity index (χ4n) is 1.89. The van der Waals surface area contributed by atoms with Gasteiger partial charge in [0.25, 0.3) is 5.69 Å². The molecule has 2 aromatic carbocycles. The molecule has 0 amide bonds. The van der Waals surface area contributed by atoms with Gasteiger partial charge in [-0.3, -0.25) is 10.1 Å². The highest BCUT2D eigenvalue weighted by atomic mass is 79.9. The van der Waals surface area contributed by atoms with Crippen molar-refractivity contribution in [2.24, 2.45) is 0 Å². The summed E-state index contributed by atoms with van der Waals surface area (Å²) in [6.45, 7) is 0. The molecule has 2 N–H and O–H groups in total. The Balaban J connectivity index is 2.72. The molecule has 0 aliphatic rings. The predicted molar refractivity (Wildman–Crippen MR) is 75.6 cm³/mol. The van der Waals surface area contributed by atoms with Crippen LogP contribution in [0.15, 0.2) is 40.9 Å². The van der Waals surface area contributed by atoms with Crippen LogP contribution in [0.25, 0.3) is 11.1 Å². The molecule has 0 aromatic heterocycles. The van der Waals surface area contributed by atoms with Gasteiger partial charge in [-0.15, -0.1) is 0 Å². The van der Waals surface area contributed by atoms with E-state index in [-0.39, 0.29) is 21.3 Å². The normalized spacial score (nSPS) is 11.4. The number of nitrogens with two attached hydrogens (primary N) is 1. The van der Waals surface area contributed by atoms with Gasteiger partial charge in [-0.2, -0.15) is 13.2 Å². The van der Waals surface area contributed by atoms with Crippen LogP contribution in [0.1, 0.15) is 5.56 Å². The van der Waals surface area contributed by atoms with E-state index in [4.69, 9.17) is 5.73 Å². The second-order valence-electron chi connectivity index (χ2n) is 4.19. The standard InChI is InChI=1S/C13H8BrF3N2O2/c14-10-5-7(6-11(12(10)18)19(20)21)8-3-1-2-4-9(8)13(15,16)17/h1-6H,18H2. The van der Waals surface area contributed by atoms with Crippen LogP contribution < -0.4 is 5.73 Å². The molecule has 0 bridgehead atoms. The minimum absolute atomic E-state index is 0.0655. The van der Waals surface area contributed by atoms with Crippen molar-refractivity contribution in [3.63, 3.8) is 0 Å². The molecular weight excluding hydrogens is 353 g/mol. The maximum Gasteiger partial charge on any atom is 0.417 e. The molecule has 8 heteroatoms. The fourth-order valence-corrected chi connectivity index (χ4v) is 2.34. The van der Waals surface area contributed by atoms with Crippen LogP contribution >= 0.6 is 15.9 Å². The van der Waals surface area contributed by atoms with Crippen molar-refractivity contribution in [2.75, 3.05) is 5.73 Å². The van der Waals surface area contributed by atoms with Crippen LogP contribution in [0, 0.1) is 10.1 Å². The van der Waals surface area contributed by atoms with Gasteiger partial charge in [-0.1, -0.05) is 18.2 Å². The van der Waals surface area contributed by atoms with Crippen LogP contribution in [0.2, 0.25) is 0 Å². The van der Waals surface area contributed by atoms with Crippen molar-refractivity contribution in [3.05, 3.63) is 56.5 Å². The summed E-state index contributed by atoms with van der Waals surface area (Å²) in [5, 5.41) is 10.9. The maximum absolute atomic E-state index is 13.0. The molecule has 0 heterocycles. The van der Waals surface area contributed by atoms with Gasteiger partial charge >= 0.3 is 6.18 Å². The molecular formula is C13H8BrF3N2O2. The molecule has 0 saturated heterocycles. The molecule has 0 atom stereocenters. The third-order valence-electron chi connectivity index (χ3n) is 2.85. The molecule has 0 unspecified atom stereocenters. The topological polar surface area (TPSA) is 69.2 Å². The lowest BCUT2D eigenvalue weighted by Gasteiger charge is -2.13. The van der Waals surface area contributed by atoms with Gasteiger partial charge in [0.05, 0.1) is 10.5 Å². The zero-order valence-corrected chi connectivity index (χ0v) is 11.9. The summed E-state index contributed by atoms with van der Waals surface area (Å²) in [6, 6.07) is 7.22. The molecule has 0 spiro atoms. The highest BCUT2D eigenvalue weighted by Crippen LogP contribution is 2.40. The summed E-state index contributed by atoms with van der Waals surface area (Å²) in [4.78, 5) is 10.2. The lowest BCUT2D eigenvalue weighted by Crippen LogP contribution is -2.07. The molecule has 0 radical (unpaired) electrons. The Hall–Kier alpha value is -2.09. The number of halogens is 4. The summed E-state index contributed by atoms with van der Waals surface area (Å²) < 4.78 is 39.2. The highest BCUT2D eigenvalue weighted by Gasteiger charge is 2.33. The van der Waals surface area contributed by atoms with Gasteiger partial charge in [-0.25, -0.2) is 0 Å². The molecule has 2 aromatic rings. The zero-order valence-electron chi connectivity index (χ0n) is 10.3. The van der Waals surface area contributed by atoms with Crippen molar-refractivity contribution in [2.45, 2.75) is 6.18 Å². The largest absolute Gasteiger partial charge is 0.417 e. The van der Waals surface area contributed by atoms with E-state index in [0.717, 1.165) is 12.1 Å². The summed E-state index contributed by atoms with van der Waals surface area (Å²) in [6.07, 6.45) is -4.56. The van der Waals surface area contributed by atoms with E-state index in [2.05, 4.69) is 15.9 Å². The van der Waals surface area contributed by atoms with Crippen molar-refractivity contribution in [3.8, 4) is 11.1 Å². The van der Waals surface area contributed by atoms with Gasteiger partial charge in [0, 0.05) is 10.5 Å². The molecule has 0 saturated carbocycles. The third kappa shape index (κ3) is 2.99. The van der Waals surface area contributed by atoms with E-state index in [1.165, 1.54) is 24.3 Å². The molecule has 2 rings (SSSR count). The van der Waals surface area contributed by atoms with Crippen molar-refractivity contribution >= 4 is 27.3 Å². The third-order valence-corrected chi connectivity index (χ3v) is 3.50. The minimum atomic E-state index is -4.56. The quantitative estimate of drug-likeness (QED) is 0.482. The van der Waals surface area contributed by atoms with E-state index in [1.54, 1.807) is 0 Å². The number of nitrogen functional groups attached to an aromatic ring is 1. The molecule has 0 fully saturated rings. The predicted octanol–water partition coefficient (Wildman–Crippen LogP) is 4.63. The summed E-state index contributed by atoms with van der Waals surface area (Å²) in [7, 11) is 0. The number of benzene rings is 2. The Kier molecular flexibility index (Phi) is 3.91. The molecule has 4 nitrogen and oxygen atoms in total. The van der Waals surface area contributed by atoms with Crippen molar-refractivity contribution < 1.29 is 18.1 Å². The fraction of sp³-hybridized carbons (Fsp3) is 0.0769. The van der Waals surface area contributed by atoms with Crippen LogP contribution in [0.5, 0.6) is 0 Å². The number of nitro benzene ring substituents is 1. The SMILES string of the molecule is Nc1c(Br)cc(-c2ccccc2C(F)(F)F)cc1[N+](=O)[O-]. The Morgan fingerprint density at radius 2 is 1.81 bits per heavy atom. The molecule has 110 valence electrons. The smallest absolute Gasteiger partial charge is 0.392 e. The van der Waals surface area contributed by atoms with E-state index < -0.39 is 22.4 Å². The van der Waals surface area contributed by atoms with E-state index in [1.807, 2.05) is 0 Å². The average molecular weight is 361 g/mol. The Morgan fingerprint density at radius 1 is 1.19 bits per heavy atom. The van der Waals surface area contributed by atoms with Crippen molar-refractivity contribution in [1.82, 2.24) is 0 Å². The summed E-state index contributed by atoms with van der Waals surface area (Å²) in [5.41, 5.74) is 4.02. The van der Waals surface area contributed by atoms with Gasteiger partial charge in [-0.05, 0) is 39.2 Å². The first-order chi connectivity index (χ1) is 9.71. The molecule has 21 heavy (non-hydrogen) atoms. The lowest BCUT2D eigenvalue weighted by atomic mass is 9.98. The first kappa shape index (κ1) is 15.3. The van der Waals surface area contributed by atoms with Crippen molar-refractivity contribution in [1.29, 1.82) is 0 Å². The van der Waals surface area contributed by atoms with Crippen LogP contribution in [-0.2, 0) is 6.18 Å². The van der Waals surface area contributed by atoms with Crippen LogP contribution in [-0.4, -0.2) is 4.92 Å². The Bertz CT molecular complexity index is 717. The second kappa shape index (κ2) is 5.36. The van der Waals surface area contributed by atoms with Gasteiger partial charge in [0.2, 0.25) is 0 Å². The van der Waals surface area contributed by atoms with E-state index in [9.17, 15) is 23.3 Å². The first-order valence-corrected chi connectivity index (χ1v) is 6.41. The summed E-state index contributed by atoms with van der Waals surface area (Å²) in [5.74, 6) is 0. The number of hydrogen-bond acceptors (Lipinski definition) is 3. The number of alkyl halides is 3. The number of nitrogens with zero attached hydrogens (tertiary/aromatic N) is 1. The molecule has 0 aliphatic carbocycles. The second-order valence-corrected chi connectivity index (χ2v) is 5.05. The minimum Gasteiger partial charge on any atom is -0.392 e. The highest BCUT2D eigenvalue weighted by molar-refractivity contribution is 9.10. The van der Waals surface area contributed by atoms with Crippen LogP contribution in [0.3, 0.4) is 0 Å².